The molecule has 0 saturated carbocycles. The average molecular weight is 241 g/mol. The van der Waals surface area contributed by atoms with Crippen LogP contribution in [0.1, 0.15) is 53.4 Å². The van der Waals surface area contributed by atoms with E-state index < -0.39 is 11.2 Å². The molecule has 3 atom stereocenters. The van der Waals surface area contributed by atoms with Crippen molar-refractivity contribution in [1.82, 2.24) is 4.90 Å². The largest absolute Gasteiger partial charge is 0.444 e. The van der Waals surface area contributed by atoms with Crippen LogP contribution in [0.4, 0.5) is 4.79 Å². The number of carbonyl (C=O) groups is 1. The third-order valence-corrected chi connectivity index (χ3v) is 3.57. The summed E-state index contributed by atoms with van der Waals surface area (Å²) in [6, 6.07) is 0.303. The molecule has 98 valence electrons. The molecule has 0 aliphatic carbocycles. The van der Waals surface area contributed by atoms with E-state index in [2.05, 4.69) is 0 Å². The molecule has 0 radical (unpaired) electrons. The quantitative estimate of drug-likeness (QED) is 0.708. The molecule has 2 unspecified atom stereocenters. The molecule has 0 aromatic rings. The van der Waals surface area contributed by atoms with E-state index in [0.717, 1.165) is 12.8 Å². The molecule has 4 heteroatoms. The lowest BCUT2D eigenvalue weighted by molar-refractivity contribution is -0.0483. The smallest absolute Gasteiger partial charge is 0.410 e. The Morgan fingerprint density at radius 1 is 1.29 bits per heavy atom. The van der Waals surface area contributed by atoms with Crippen molar-refractivity contribution >= 4 is 6.09 Å². The van der Waals surface area contributed by atoms with Gasteiger partial charge in [-0.3, -0.25) is 0 Å². The van der Waals surface area contributed by atoms with E-state index in [4.69, 9.17) is 4.74 Å². The van der Waals surface area contributed by atoms with Crippen LogP contribution >= 0.6 is 0 Å². The Morgan fingerprint density at radius 3 is 2.18 bits per heavy atom. The van der Waals surface area contributed by atoms with Crippen LogP contribution in [0.15, 0.2) is 0 Å². The Hall–Kier alpha value is -0.770. The number of piperidine rings is 1. The summed E-state index contributed by atoms with van der Waals surface area (Å²) in [5, 5.41) is 10.1. The van der Waals surface area contributed by atoms with Crippen molar-refractivity contribution in [1.29, 1.82) is 0 Å². The molecule has 0 aromatic heterocycles. The summed E-state index contributed by atoms with van der Waals surface area (Å²) >= 11 is 0. The minimum Gasteiger partial charge on any atom is -0.444 e. The number of nitrogens with zero attached hydrogens (tertiary/aromatic N) is 1. The first-order chi connectivity index (χ1) is 7.68. The normalized spacial score (nSPS) is 37.1. The molecule has 2 fully saturated rings. The molecule has 17 heavy (non-hydrogen) atoms. The highest BCUT2D eigenvalue weighted by atomic mass is 16.6. The van der Waals surface area contributed by atoms with Crippen LogP contribution in [-0.4, -0.2) is 39.4 Å². The van der Waals surface area contributed by atoms with Crippen molar-refractivity contribution in [2.45, 2.75) is 76.7 Å². The van der Waals surface area contributed by atoms with E-state index in [1.54, 1.807) is 0 Å². The van der Waals surface area contributed by atoms with Gasteiger partial charge in [0.25, 0.3) is 0 Å². The fourth-order valence-corrected chi connectivity index (χ4v) is 3.07. The molecule has 0 aromatic carbocycles. The second kappa shape index (κ2) is 3.87. The van der Waals surface area contributed by atoms with E-state index in [1.165, 1.54) is 0 Å². The Morgan fingerprint density at radius 2 is 1.76 bits per heavy atom. The third kappa shape index (κ3) is 2.73. The lowest BCUT2D eigenvalue weighted by atomic mass is 9.88. The molecule has 4 nitrogen and oxygen atoms in total. The van der Waals surface area contributed by atoms with E-state index in [0.29, 0.717) is 12.8 Å². The number of amides is 1. The summed E-state index contributed by atoms with van der Waals surface area (Å²) in [6.45, 7) is 7.51. The van der Waals surface area contributed by atoms with E-state index >= 15 is 0 Å². The Balaban J connectivity index is 2.07. The fourth-order valence-electron chi connectivity index (χ4n) is 3.07. The molecule has 2 aliphatic rings. The average Bonchev–Trinajstić information content (AvgIpc) is 2.35. The first-order valence-corrected chi connectivity index (χ1v) is 6.42. The van der Waals surface area contributed by atoms with E-state index in [1.807, 2.05) is 32.6 Å². The maximum atomic E-state index is 12.1. The van der Waals surface area contributed by atoms with Crippen LogP contribution in [0.5, 0.6) is 0 Å². The van der Waals surface area contributed by atoms with Crippen LogP contribution in [0.25, 0.3) is 0 Å². The zero-order chi connectivity index (χ0) is 12.8. The summed E-state index contributed by atoms with van der Waals surface area (Å²) in [5.74, 6) is 0. The maximum Gasteiger partial charge on any atom is 0.410 e. The molecule has 1 amide bonds. The summed E-state index contributed by atoms with van der Waals surface area (Å²) in [5.41, 5.74) is -1.07. The SMILES string of the molecule is CC1(O)CC2CC[C@H](C1)N2C(=O)OC(C)(C)C. The summed E-state index contributed by atoms with van der Waals surface area (Å²) in [7, 11) is 0. The molecule has 2 aliphatic heterocycles. The highest BCUT2D eigenvalue weighted by Gasteiger charge is 2.48. The monoisotopic (exact) mass is 241 g/mol. The van der Waals surface area contributed by atoms with Crippen molar-refractivity contribution in [2.75, 3.05) is 0 Å². The van der Waals surface area contributed by atoms with Gasteiger partial charge in [-0.25, -0.2) is 4.79 Å². The number of ether oxygens (including phenoxy) is 1. The summed E-state index contributed by atoms with van der Waals surface area (Å²) in [6.07, 6.45) is 3.09. The van der Waals surface area contributed by atoms with Gasteiger partial charge in [-0.1, -0.05) is 0 Å². The minimum atomic E-state index is -0.621. The van der Waals surface area contributed by atoms with Gasteiger partial charge in [0.15, 0.2) is 0 Å². The number of fused-ring (bicyclic) bond motifs is 2. The standard InChI is InChI=1S/C13H23NO3/c1-12(2,3)17-11(15)14-9-5-6-10(14)8-13(4,16)7-9/h9-10,16H,5-8H2,1-4H3/t9-,10?,13?/m1/s1. The molecule has 2 saturated heterocycles. The Bertz CT molecular complexity index is 303. The number of aliphatic hydroxyl groups is 1. The van der Waals surface area contributed by atoms with Gasteiger partial charge in [-0.15, -0.1) is 0 Å². The molecular formula is C13H23NO3. The van der Waals surface area contributed by atoms with Crippen LogP contribution < -0.4 is 0 Å². The fraction of sp³-hybridized carbons (Fsp3) is 0.923. The molecule has 2 rings (SSSR count). The lowest BCUT2D eigenvalue weighted by Crippen LogP contribution is -2.53. The lowest BCUT2D eigenvalue weighted by Gasteiger charge is -2.42. The predicted molar refractivity (Wildman–Crippen MR) is 64.7 cm³/mol. The first kappa shape index (κ1) is 12.7. The van der Waals surface area contributed by atoms with Crippen LogP contribution in [-0.2, 0) is 4.74 Å². The Kier molecular flexibility index (Phi) is 2.89. The second-order valence-corrected chi connectivity index (χ2v) is 6.68. The van der Waals surface area contributed by atoms with Crippen molar-refractivity contribution in [3.8, 4) is 0 Å². The molecule has 0 spiro atoms. The van der Waals surface area contributed by atoms with Crippen molar-refractivity contribution in [3.05, 3.63) is 0 Å². The van der Waals surface area contributed by atoms with Crippen LogP contribution in [0.3, 0.4) is 0 Å². The number of rotatable bonds is 0. The van der Waals surface area contributed by atoms with Gasteiger partial charge >= 0.3 is 6.09 Å². The van der Waals surface area contributed by atoms with Gasteiger partial charge in [0.1, 0.15) is 5.60 Å². The number of hydrogen-bond acceptors (Lipinski definition) is 3. The molecule has 2 heterocycles. The van der Waals surface area contributed by atoms with Crippen LogP contribution in [0.2, 0.25) is 0 Å². The van der Waals surface area contributed by atoms with Crippen molar-refractivity contribution in [2.24, 2.45) is 0 Å². The topological polar surface area (TPSA) is 49.8 Å². The highest BCUT2D eigenvalue weighted by Crippen LogP contribution is 2.41. The molecule has 2 bridgehead atoms. The van der Waals surface area contributed by atoms with Crippen molar-refractivity contribution < 1.29 is 14.6 Å². The predicted octanol–water partition coefficient (Wildman–Crippen LogP) is 2.30. The summed E-state index contributed by atoms with van der Waals surface area (Å²) in [4.78, 5) is 14.0. The second-order valence-electron chi connectivity index (χ2n) is 6.68. The van der Waals surface area contributed by atoms with Gasteiger partial charge in [0, 0.05) is 12.1 Å². The van der Waals surface area contributed by atoms with E-state index in [9.17, 15) is 9.90 Å². The van der Waals surface area contributed by atoms with Crippen molar-refractivity contribution in [3.63, 3.8) is 0 Å². The molecular weight excluding hydrogens is 218 g/mol. The van der Waals surface area contributed by atoms with Gasteiger partial charge in [0.05, 0.1) is 5.60 Å². The van der Waals surface area contributed by atoms with Gasteiger partial charge in [-0.05, 0) is 53.4 Å². The minimum absolute atomic E-state index is 0.151. The first-order valence-electron chi connectivity index (χ1n) is 6.42. The third-order valence-electron chi connectivity index (χ3n) is 3.57. The zero-order valence-electron chi connectivity index (χ0n) is 11.2. The maximum absolute atomic E-state index is 12.1. The Labute approximate surface area is 103 Å². The van der Waals surface area contributed by atoms with E-state index in [-0.39, 0.29) is 18.2 Å². The zero-order valence-corrected chi connectivity index (χ0v) is 11.2. The number of carbonyl (C=O) groups excluding carboxylic acids is 1. The highest BCUT2D eigenvalue weighted by molar-refractivity contribution is 5.69. The van der Waals surface area contributed by atoms with Gasteiger partial charge in [-0.2, -0.15) is 0 Å². The summed E-state index contributed by atoms with van der Waals surface area (Å²) < 4.78 is 5.43. The molecule has 1 N–H and O–H groups in total. The van der Waals surface area contributed by atoms with Gasteiger partial charge in [0.2, 0.25) is 0 Å². The van der Waals surface area contributed by atoms with Gasteiger partial charge < -0.3 is 14.7 Å². The number of hydrogen-bond donors (Lipinski definition) is 1. The van der Waals surface area contributed by atoms with Crippen LogP contribution in [0, 0.1) is 0 Å².